The first-order valence-electron chi connectivity index (χ1n) is 10.5. The van der Waals surface area contributed by atoms with E-state index >= 15 is 0 Å². The van der Waals surface area contributed by atoms with Gasteiger partial charge < -0.3 is 9.64 Å². The molecule has 0 saturated heterocycles. The van der Waals surface area contributed by atoms with Crippen LogP contribution in [0.4, 0.5) is 0 Å². The van der Waals surface area contributed by atoms with Gasteiger partial charge in [0.25, 0.3) is 0 Å². The first-order valence-corrected chi connectivity index (χ1v) is 10.5. The van der Waals surface area contributed by atoms with Crippen LogP contribution in [0.1, 0.15) is 29.5 Å². The Morgan fingerprint density at radius 1 is 0.931 bits per heavy atom. The second-order valence-electron chi connectivity index (χ2n) is 7.81. The van der Waals surface area contributed by atoms with Gasteiger partial charge >= 0.3 is 0 Å². The molecule has 2 heteroatoms. The summed E-state index contributed by atoms with van der Waals surface area (Å²) in [5.74, 6) is 1.08. The summed E-state index contributed by atoms with van der Waals surface area (Å²) in [4.78, 5) is 2.37. The van der Waals surface area contributed by atoms with Gasteiger partial charge in [0.05, 0.1) is 6.61 Å². The van der Waals surface area contributed by atoms with Crippen LogP contribution in [-0.4, -0.2) is 25.1 Å². The molecule has 1 aliphatic rings. The van der Waals surface area contributed by atoms with Crippen LogP contribution in [0.25, 0.3) is 17.2 Å². The molecular weight excluding hydrogens is 354 g/mol. The summed E-state index contributed by atoms with van der Waals surface area (Å²) in [5, 5.41) is 0. The van der Waals surface area contributed by atoms with E-state index in [4.69, 9.17) is 4.74 Å². The van der Waals surface area contributed by atoms with E-state index in [1.807, 2.05) is 0 Å². The fourth-order valence-corrected chi connectivity index (χ4v) is 3.81. The van der Waals surface area contributed by atoms with E-state index in [1.54, 1.807) is 0 Å². The molecule has 0 atom stereocenters. The average molecular weight is 384 g/mol. The van der Waals surface area contributed by atoms with Gasteiger partial charge in [-0.05, 0) is 60.2 Å². The minimum Gasteiger partial charge on any atom is -0.493 e. The van der Waals surface area contributed by atoms with Crippen molar-refractivity contribution in [2.24, 2.45) is 0 Å². The lowest BCUT2D eigenvalue weighted by molar-refractivity contribution is 0.286. The minimum atomic E-state index is 0.851. The quantitative estimate of drug-likeness (QED) is 0.481. The van der Waals surface area contributed by atoms with Crippen molar-refractivity contribution in [2.75, 3.05) is 20.2 Å². The summed E-state index contributed by atoms with van der Waals surface area (Å²) < 4.78 is 5.80. The van der Waals surface area contributed by atoms with Gasteiger partial charge in [0.2, 0.25) is 0 Å². The number of rotatable bonds is 7. The molecule has 3 aromatic rings. The Labute approximate surface area is 174 Å². The Bertz CT molecular complexity index is 944. The molecule has 4 rings (SSSR count). The molecule has 0 unspecified atom stereocenters. The molecule has 0 saturated carbocycles. The lowest BCUT2D eigenvalue weighted by atomic mass is 10.0. The fourth-order valence-electron chi connectivity index (χ4n) is 3.81. The molecule has 29 heavy (non-hydrogen) atoms. The zero-order chi connectivity index (χ0) is 19.9. The molecule has 0 aromatic heterocycles. The maximum atomic E-state index is 5.80. The zero-order valence-electron chi connectivity index (χ0n) is 17.2. The Hall–Kier alpha value is -2.84. The van der Waals surface area contributed by atoms with E-state index in [2.05, 4.69) is 96.9 Å². The minimum absolute atomic E-state index is 0.851. The third-order valence-corrected chi connectivity index (χ3v) is 5.44. The highest BCUT2D eigenvalue weighted by Gasteiger charge is 2.11. The van der Waals surface area contributed by atoms with Gasteiger partial charge in [-0.1, -0.05) is 78.9 Å². The maximum absolute atomic E-state index is 5.80. The number of ether oxygens (including phenoxy) is 1. The summed E-state index contributed by atoms with van der Waals surface area (Å²) in [5.41, 5.74) is 6.45. The van der Waals surface area contributed by atoms with Crippen LogP contribution < -0.4 is 4.74 Å². The monoisotopic (exact) mass is 383 g/mol. The Balaban J connectivity index is 1.26. The Morgan fingerprint density at radius 3 is 2.55 bits per heavy atom. The molecule has 1 heterocycles. The van der Waals surface area contributed by atoms with Crippen molar-refractivity contribution >= 4 is 6.08 Å². The molecule has 3 aromatic carbocycles. The highest BCUT2D eigenvalue weighted by Crippen LogP contribution is 2.26. The van der Waals surface area contributed by atoms with Gasteiger partial charge in [0, 0.05) is 13.1 Å². The number of nitrogens with zero attached hydrogens (tertiary/aromatic N) is 1. The number of hydrogen-bond acceptors (Lipinski definition) is 2. The average Bonchev–Trinajstić information content (AvgIpc) is 2.78. The largest absolute Gasteiger partial charge is 0.493 e. The third kappa shape index (κ3) is 5.36. The number of fused-ring (bicyclic) bond motifs is 1. The fraction of sp³-hybridized carbons (Fsp3) is 0.259. The van der Waals surface area contributed by atoms with Crippen LogP contribution in [0, 0.1) is 0 Å². The first-order chi connectivity index (χ1) is 14.3. The molecule has 148 valence electrons. The lowest BCUT2D eigenvalue weighted by Gasteiger charge is -2.20. The van der Waals surface area contributed by atoms with Gasteiger partial charge in [-0.25, -0.2) is 0 Å². The predicted octanol–water partition coefficient (Wildman–Crippen LogP) is 6.21. The molecule has 0 radical (unpaired) electrons. The topological polar surface area (TPSA) is 12.5 Å². The molecule has 0 N–H and O–H groups in total. The standard InChI is InChI=1S/C27H29NO/c1-28(21-23-14-17-26-11-7-19-29-27(26)20-23)18-6-5-8-22-12-15-25(16-13-22)24-9-3-2-4-10-24/h2-5,8-10,12-17,20H,6-7,11,18-19,21H2,1H3/b8-5+. The smallest absolute Gasteiger partial charge is 0.122 e. The normalized spacial score (nSPS) is 13.4. The maximum Gasteiger partial charge on any atom is 0.122 e. The highest BCUT2D eigenvalue weighted by atomic mass is 16.5. The molecule has 0 bridgehead atoms. The second-order valence-corrected chi connectivity index (χ2v) is 7.81. The SMILES string of the molecule is CN(CC/C=C/c1ccc(-c2ccccc2)cc1)Cc1ccc2c(c1)OCCC2. The van der Waals surface area contributed by atoms with Crippen molar-refractivity contribution in [1.82, 2.24) is 4.90 Å². The van der Waals surface area contributed by atoms with Crippen LogP contribution in [0.5, 0.6) is 5.75 Å². The van der Waals surface area contributed by atoms with E-state index < -0.39 is 0 Å². The van der Waals surface area contributed by atoms with E-state index in [1.165, 1.54) is 27.8 Å². The summed E-state index contributed by atoms with van der Waals surface area (Å²) >= 11 is 0. The van der Waals surface area contributed by atoms with E-state index in [0.717, 1.165) is 44.7 Å². The van der Waals surface area contributed by atoms with Gasteiger partial charge in [-0.2, -0.15) is 0 Å². The molecule has 1 aliphatic heterocycles. The Morgan fingerprint density at radius 2 is 1.72 bits per heavy atom. The first kappa shape index (κ1) is 19.5. The molecule has 2 nitrogen and oxygen atoms in total. The van der Waals surface area contributed by atoms with Gasteiger partial charge in [0.1, 0.15) is 5.75 Å². The molecule has 0 spiro atoms. The summed E-state index contributed by atoms with van der Waals surface area (Å²) in [6, 6.07) is 26.0. The molecule has 0 fully saturated rings. The van der Waals surface area contributed by atoms with Crippen molar-refractivity contribution in [3.8, 4) is 16.9 Å². The molecule has 0 amide bonds. The van der Waals surface area contributed by atoms with Crippen LogP contribution in [0.15, 0.2) is 78.9 Å². The highest BCUT2D eigenvalue weighted by molar-refractivity contribution is 5.65. The number of hydrogen-bond donors (Lipinski definition) is 0. The van der Waals surface area contributed by atoms with E-state index in [-0.39, 0.29) is 0 Å². The predicted molar refractivity (Wildman–Crippen MR) is 122 cm³/mol. The second kappa shape index (κ2) is 9.58. The third-order valence-electron chi connectivity index (χ3n) is 5.44. The van der Waals surface area contributed by atoms with Crippen molar-refractivity contribution in [3.63, 3.8) is 0 Å². The Kier molecular flexibility index (Phi) is 6.43. The number of aryl methyl sites for hydroxylation is 1. The van der Waals surface area contributed by atoms with Crippen molar-refractivity contribution in [3.05, 3.63) is 95.6 Å². The van der Waals surface area contributed by atoms with Crippen molar-refractivity contribution in [1.29, 1.82) is 0 Å². The van der Waals surface area contributed by atoms with Crippen LogP contribution >= 0.6 is 0 Å². The lowest BCUT2D eigenvalue weighted by Crippen LogP contribution is -2.19. The summed E-state index contributed by atoms with van der Waals surface area (Å²) in [7, 11) is 2.18. The molecule has 0 aliphatic carbocycles. The van der Waals surface area contributed by atoms with Crippen LogP contribution in [-0.2, 0) is 13.0 Å². The van der Waals surface area contributed by atoms with Crippen molar-refractivity contribution in [2.45, 2.75) is 25.8 Å². The van der Waals surface area contributed by atoms with Crippen molar-refractivity contribution < 1.29 is 4.74 Å². The molecular formula is C27H29NO. The van der Waals surface area contributed by atoms with Gasteiger partial charge in [0.15, 0.2) is 0 Å². The number of benzene rings is 3. The summed E-state index contributed by atoms with van der Waals surface area (Å²) in [6.07, 6.45) is 7.80. The summed E-state index contributed by atoms with van der Waals surface area (Å²) in [6.45, 7) is 2.84. The van der Waals surface area contributed by atoms with E-state index in [9.17, 15) is 0 Å². The van der Waals surface area contributed by atoms with Crippen LogP contribution in [0.2, 0.25) is 0 Å². The van der Waals surface area contributed by atoms with Gasteiger partial charge in [-0.3, -0.25) is 0 Å². The van der Waals surface area contributed by atoms with Crippen LogP contribution in [0.3, 0.4) is 0 Å². The van der Waals surface area contributed by atoms with E-state index in [0.29, 0.717) is 0 Å². The van der Waals surface area contributed by atoms with Gasteiger partial charge in [-0.15, -0.1) is 0 Å². The zero-order valence-corrected chi connectivity index (χ0v) is 17.2.